The molecule has 2 aromatic rings. The lowest BCUT2D eigenvalue weighted by Gasteiger charge is -2.09. The van der Waals surface area contributed by atoms with E-state index in [1.54, 1.807) is 18.2 Å². The molecule has 6 heteroatoms. The van der Waals surface area contributed by atoms with Crippen LogP contribution in [-0.4, -0.2) is 20.1 Å². The number of amides is 1. The highest BCUT2D eigenvalue weighted by Crippen LogP contribution is 2.26. The van der Waals surface area contributed by atoms with E-state index in [-0.39, 0.29) is 18.1 Å². The first-order valence-corrected chi connectivity index (χ1v) is 8.64. The molecule has 1 aliphatic heterocycles. The van der Waals surface area contributed by atoms with Crippen LogP contribution < -0.4 is 10.0 Å². The number of rotatable bonds is 5. The van der Waals surface area contributed by atoms with Gasteiger partial charge in [0.05, 0.1) is 12.2 Å². The van der Waals surface area contributed by atoms with Gasteiger partial charge in [-0.3, -0.25) is 9.52 Å². The van der Waals surface area contributed by atoms with E-state index >= 15 is 0 Å². The smallest absolute Gasteiger partial charge is 0.233 e. The summed E-state index contributed by atoms with van der Waals surface area (Å²) in [6.45, 7) is 0. The van der Waals surface area contributed by atoms with Crippen LogP contribution in [0.15, 0.2) is 48.5 Å². The van der Waals surface area contributed by atoms with Gasteiger partial charge in [-0.2, -0.15) is 0 Å². The number of anilines is 2. The predicted octanol–water partition coefficient (Wildman–Crippen LogP) is 2.17. The molecule has 0 saturated heterocycles. The van der Waals surface area contributed by atoms with Gasteiger partial charge in [-0.15, -0.1) is 0 Å². The van der Waals surface area contributed by atoms with Crippen molar-refractivity contribution in [2.24, 2.45) is 0 Å². The molecule has 0 saturated carbocycles. The SMILES string of the molecule is O=C1Cc2cc(NS(=O)(=O)CCc3ccccc3)ccc2N1. The van der Waals surface area contributed by atoms with E-state index in [9.17, 15) is 13.2 Å². The van der Waals surface area contributed by atoms with Crippen LogP contribution in [-0.2, 0) is 27.7 Å². The van der Waals surface area contributed by atoms with Crippen molar-refractivity contribution >= 4 is 27.3 Å². The van der Waals surface area contributed by atoms with Gasteiger partial charge in [-0.25, -0.2) is 8.42 Å². The molecule has 22 heavy (non-hydrogen) atoms. The predicted molar refractivity (Wildman–Crippen MR) is 86.3 cm³/mol. The molecule has 3 rings (SSSR count). The minimum absolute atomic E-state index is 0.0191. The van der Waals surface area contributed by atoms with E-state index in [4.69, 9.17) is 0 Å². The minimum Gasteiger partial charge on any atom is -0.326 e. The lowest BCUT2D eigenvalue weighted by atomic mass is 10.1. The number of hydrogen-bond donors (Lipinski definition) is 2. The number of nitrogens with one attached hydrogen (secondary N) is 2. The Labute approximate surface area is 129 Å². The zero-order valence-corrected chi connectivity index (χ0v) is 12.7. The summed E-state index contributed by atoms with van der Waals surface area (Å²) in [4.78, 5) is 11.3. The third-order valence-electron chi connectivity index (χ3n) is 3.51. The monoisotopic (exact) mass is 316 g/mol. The molecule has 5 nitrogen and oxygen atoms in total. The van der Waals surface area contributed by atoms with Gasteiger partial charge in [0.2, 0.25) is 15.9 Å². The molecule has 1 heterocycles. The first-order valence-electron chi connectivity index (χ1n) is 6.99. The summed E-state index contributed by atoms with van der Waals surface area (Å²) in [6.07, 6.45) is 0.746. The fourth-order valence-corrected chi connectivity index (χ4v) is 3.51. The molecule has 0 fully saturated rings. The summed E-state index contributed by atoms with van der Waals surface area (Å²) >= 11 is 0. The molecular formula is C16H16N2O3S. The summed E-state index contributed by atoms with van der Waals surface area (Å²) < 4.78 is 26.9. The molecule has 2 aromatic carbocycles. The maximum Gasteiger partial charge on any atom is 0.233 e. The Morgan fingerprint density at radius 3 is 2.64 bits per heavy atom. The number of aryl methyl sites for hydroxylation is 1. The van der Waals surface area contributed by atoms with Gasteiger partial charge in [-0.1, -0.05) is 30.3 Å². The summed E-state index contributed by atoms with van der Waals surface area (Å²) in [5, 5.41) is 2.72. The van der Waals surface area contributed by atoms with Crippen LogP contribution in [0.3, 0.4) is 0 Å². The first-order chi connectivity index (χ1) is 10.5. The molecule has 0 spiro atoms. The lowest BCUT2D eigenvalue weighted by Crippen LogP contribution is -2.18. The molecule has 0 aromatic heterocycles. The Bertz CT molecular complexity index is 801. The van der Waals surface area contributed by atoms with E-state index in [0.29, 0.717) is 12.1 Å². The third kappa shape index (κ3) is 3.46. The number of sulfonamides is 1. The Hall–Kier alpha value is -2.34. The van der Waals surface area contributed by atoms with Crippen molar-refractivity contribution in [3.8, 4) is 0 Å². The van der Waals surface area contributed by atoms with Crippen molar-refractivity contribution in [2.75, 3.05) is 15.8 Å². The van der Waals surface area contributed by atoms with Crippen LogP contribution in [0.4, 0.5) is 11.4 Å². The molecule has 1 aliphatic rings. The average Bonchev–Trinajstić information content (AvgIpc) is 2.85. The van der Waals surface area contributed by atoms with E-state index < -0.39 is 10.0 Å². The number of carbonyl (C=O) groups is 1. The quantitative estimate of drug-likeness (QED) is 0.887. The van der Waals surface area contributed by atoms with Gasteiger partial charge in [0.15, 0.2) is 0 Å². The number of benzene rings is 2. The molecular weight excluding hydrogens is 300 g/mol. The van der Waals surface area contributed by atoms with Crippen molar-refractivity contribution < 1.29 is 13.2 Å². The van der Waals surface area contributed by atoms with E-state index in [2.05, 4.69) is 10.0 Å². The second-order valence-electron chi connectivity index (χ2n) is 5.25. The van der Waals surface area contributed by atoms with Crippen LogP contribution >= 0.6 is 0 Å². The highest BCUT2D eigenvalue weighted by molar-refractivity contribution is 7.92. The van der Waals surface area contributed by atoms with E-state index in [1.165, 1.54) is 0 Å². The molecule has 2 N–H and O–H groups in total. The Morgan fingerprint density at radius 2 is 1.86 bits per heavy atom. The highest BCUT2D eigenvalue weighted by atomic mass is 32.2. The van der Waals surface area contributed by atoms with Gasteiger partial charge >= 0.3 is 0 Å². The zero-order valence-electron chi connectivity index (χ0n) is 11.9. The Kier molecular flexibility index (Phi) is 3.85. The standard InChI is InChI=1S/C16H16N2O3S/c19-16-11-13-10-14(6-7-15(13)17-16)18-22(20,21)9-8-12-4-2-1-3-5-12/h1-7,10,18H,8-9,11H2,(H,17,19). The molecule has 0 radical (unpaired) electrons. The third-order valence-corrected chi connectivity index (χ3v) is 4.79. The van der Waals surface area contributed by atoms with Crippen molar-refractivity contribution in [2.45, 2.75) is 12.8 Å². The molecule has 114 valence electrons. The number of hydrogen-bond acceptors (Lipinski definition) is 3. The van der Waals surface area contributed by atoms with E-state index in [0.717, 1.165) is 16.8 Å². The molecule has 0 bridgehead atoms. The fourth-order valence-electron chi connectivity index (χ4n) is 2.42. The molecule has 1 amide bonds. The van der Waals surface area contributed by atoms with Crippen molar-refractivity contribution in [3.63, 3.8) is 0 Å². The lowest BCUT2D eigenvalue weighted by molar-refractivity contribution is -0.115. The van der Waals surface area contributed by atoms with Gasteiger partial charge in [-0.05, 0) is 35.7 Å². The number of carbonyl (C=O) groups excluding carboxylic acids is 1. The Balaban J connectivity index is 1.67. The van der Waals surface area contributed by atoms with Crippen LogP contribution in [0.2, 0.25) is 0 Å². The average molecular weight is 316 g/mol. The minimum atomic E-state index is -3.42. The second-order valence-corrected chi connectivity index (χ2v) is 7.10. The van der Waals surface area contributed by atoms with Gasteiger partial charge < -0.3 is 5.32 Å². The molecule has 0 atom stereocenters. The maximum atomic E-state index is 12.1. The topological polar surface area (TPSA) is 75.3 Å². The fraction of sp³-hybridized carbons (Fsp3) is 0.188. The van der Waals surface area contributed by atoms with Crippen LogP contribution in [0.25, 0.3) is 0 Å². The van der Waals surface area contributed by atoms with Crippen molar-refractivity contribution in [3.05, 3.63) is 59.7 Å². The van der Waals surface area contributed by atoms with Gasteiger partial charge in [0.25, 0.3) is 0 Å². The second kappa shape index (κ2) is 5.81. The van der Waals surface area contributed by atoms with Crippen LogP contribution in [0.1, 0.15) is 11.1 Å². The summed E-state index contributed by atoms with van der Waals surface area (Å²) in [5.41, 5.74) is 3.03. The number of fused-ring (bicyclic) bond motifs is 1. The zero-order chi connectivity index (χ0) is 15.6. The normalized spacial score (nSPS) is 13.5. The van der Waals surface area contributed by atoms with E-state index in [1.807, 2.05) is 30.3 Å². The van der Waals surface area contributed by atoms with Gasteiger partial charge in [0.1, 0.15) is 0 Å². The largest absolute Gasteiger partial charge is 0.326 e. The van der Waals surface area contributed by atoms with Crippen molar-refractivity contribution in [1.29, 1.82) is 0 Å². The summed E-state index contributed by atoms with van der Waals surface area (Å²) in [6, 6.07) is 14.6. The highest BCUT2D eigenvalue weighted by Gasteiger charge is 2.18. The summed E-state index contributed by atoms with van der Waals surface area (Å²) in [5.74, 6) is -0.0512. The van der Waals surface area contributed by atoms with Crippen molar-refractivity contribution in [1.82, 2.24) is 0 Å². The Morgan fingerprint density at radius 1 is 1.09 bits per heavy atom. The molecule has 0 unspecified atom stereocenters. The summed E-state index contributed by atoms with van der Waals surface area (Å²) in [7, 11) is -3.42. The van der Waals surface area contributed by atoms with Crippen LogP contribution in [0, 0.1) is 0 Å². The van der Waals surface area contributed by atoms with Gasteiger partial charge in [0, 0.05) is 11.4 Å². The van der Waals surface area contributed by atoms with Crippen LogP contribution in [0.5, 0.6) is 0 Å². The first kappa shape index (κ1) is 14.6. The maximum absolute atomic E-state index is 12.1. The molecule has 0 aliphatic carbocycles.